The van der Waals surface area contributed by atoms with Gasteiger partial charge in [-0.05, 0) is 55.7 Å². The van der Waals surface area contributed by atoms with Crippen LogP contribution in [0.2, 0.25) is 0 Å². The van der Waals surface area contributed by atoms with Gasteiger partial charge in [0.1, 0.15) is 0 Å². The van der Waals surface area contributed by atoms with Crippen LogP contribution < -0.4 is 10.5 Å². The number of hydrogen-bond acceptors (Lipinski definition) is 3. The maximum atomic E-state index is 11.3. The van der Waals surface area contributed by atoms with E-state index in [0.717, 1.165) is 30.4 Å². The molecule has 0 amide bonds. The van der Waals surface area contributed by atoms with E-state index >= 15 is 0 Å². The van der Waals surface area contributed by atoms with Gasteiger partial charge >= 0.3 is 0 Å². The van der Waals surface area contributed by atoms with Gasteiger partial charge in [0.2, 0.25) is 10.0 Å². The van der Waals surface area contributed by atoms with E-state index in [0.29, 0.717) is 6.04 Å². The molecule has 1 aliphatic carbocycles. The monoisotopic (exact) mass is 296 g/mol. The summed E-state index contributed by atoms with van der Waals surface area (Å²) >= 11 is 0. The Kier molecular flexibility index (Phi) is 4.70. The van der Waals surface area contributed by atoms with Crippen LogP contribution in [-0.4, -0.2) is 14.5 Å². The van der Waals surface area contributed by atoms with E-state index in [1.165, 1.54) is 18.9 Å². The standard InChI is InChI=1S/C15H24N2O2S/c1-11(2)12-6-8-13(9-7-12)17-14-4-3-5-15(10-14)20(16,18)19/h3-5,10-13,17H,6-9H2,1-2H3,(H2,16,18,19). The number of rotatable bonds is 4. The van der Waals surface area contributed by atoms with Gasteiger partial charge in [-0.25, -0.2) is 13.6 Å². The van der Waals surface area contributed by atoms with Crippen LogP contribution in [0.3, 0.4) is 0 Å². The molecule has 3 N–H and O–H groups in total. The molecule has 2 rings (SSSR count). The number of nitrogens with one attached hydrogen (secondary N) is 1. The lowest BCUT2D eigenvalue weighted by Gasteiger charge is -2.31. The minimum absolute atomic E-state index is 0.165. The van der Waals surface area contributed by atoms with Crippen molar-refractivity contribution in [1.29, 1.82) is 0 Å². The highest BCUT2D eigenvalue weighted by Crippen LogP contribution is 2.31. The first-order valence-electron chi connectivity index (χ1n) is 7.25. The van der Waals surface area contributed by atoms with Crippen molar-refractivity contribution in [3.8, 4) is 0 Å². The van der Waals surface area contributed by atoms with Crippen LogP contribution in [0, 0.1) is 11.8 Å². The summed E-state index contributed by atoms with van der Waals surface area (Å²) in [7, 11) is -3.63. The highest BCUT2D eigenvalue weighted by molar-refractivity contribution is 7.89. The molecule has 0 heterocycles. The smallest absolute Gasteiger partial charge is 0.238 e. The minimum atomic E-state index is -3.63. The summed E-state index contributed by atoms with van der Waals surface area (Å²) in [6, 6.07) is 7.19. The summed E-state index contributed by atoms with van der Waals surface area (Å²) in [4.78, 5) is 0.165. The molecule has 4 nitrogen and oxygen atoms in total. The van der Waals surface area contributed by atoms with Gasteiger partial charge in [-0.2, -0.15) is 0 Å². The first-order valence-corrected chi connectivity index (χ1v) is 8.80. The maximum absolute atomic E-state index is 11.3. The zero-order valence-electron chi connectivity index (χ0n) is 12.2. The second-order valence-corrected chi connectivity index (χ2v) is 7.63. The van der Waals surface area contributed by atoms with Gasteiger partial charge in [-0.1, -0.05) is 19.9 Å². The van der Waals surface area contributed by atoms with E-state index in [1.807, 2.05) is 6.07 Å². The van der Waals surface area contributed by atoms with Gasteiger partial charge in [0.25, 0.3) is 0 Å². The maximum Gasteiger partial charge on any atom is 0.238 e. The molecule has 0 aliphatic heterocycles. The Morgan fingerprint density at radius 2 is 1.85 bits per heavy atom. The highest BCUT2D eigenvalue weighted by atomic mass is 32.2. The van der Waals surface area contributed by atoms with Gasteiger partial charge < -0.3 is 5.32 Å². The first kappa shape index (κ1) is 15.3. The number of nitrogens with two attached hydrogens (primary N) is 1. The quantitative estimate of drug-likeness (QED) is 0.897. The van der Waals surface area contributed by atoms with Crippen LogP contribution in [0.15, 0.2) is 29.2 Å². The van der Waals surface area contributed by atoms with Crippen molar-refractivity contribution in [1.82, 2.24) is 0 Å². The van der Waals surface area contributed by atoms with E-state index in [9.17, 15) is 8.42 Å². The summed E-state index contributed by atoms with van der Waals surface area (Å²) in [5.41, 5.74) is 0.838. The SMILES string of the molecule is CC(C)C1CCC(Nc2cccc(S(N)(=O)=O)c2)CC1. The van der Waals surface area contributed by atoms with Crippen LogP contribution in [-0.2, 0) is 10.0 Å². The van der Waals surface area contributed by atoms with Crippen molar-refractivity contribution in [2.75, 3.05) is 5.32 Å². The Morgan fingerprint density at radius 1 is 1.20 bits per heavy atom. The van der Waals surface area contributed by atoms with E-state index in [-0.39, 0.29) is 4.90 Å². The molecule has 0 bridgehead atoms. The third kappa shape index (κ3) is 3.96. The van der Waals surface area contributed by atoms with Crippen molar-refractivity contribution in [3.05, 3.63) is 24.3 Å². The van der Waals surface area contributed by atoms with Crippen molar-refractivity contribution in [2.24, 2.45) is 17.0 Å². The number of hydrogen-bond donors (Lipinski definition) is 2. The summed E-state index contributed by atoms with van der Waals surface area (Å²) in [5.74, 6) is 1.57. The molecule has 0 aromatic heterocycles. The second-order valence-electron chi connectivity index (χ2n) is 6.07. The lowest BCUT2D eigenvalue weighted by Crippen LogP contribution is -2.28. The van der Waals surface area contributed by atoms with Gasteiger partial charge in [0, 0.05) is 11.7 Å². The van der Waals surface area contributed by atoms with Gasteiger partial charge in [-0.3, -0.25) is 0 Å². The molecule has 5 heteroatoms. The molecule has 20 heavy (non-hydrogen) atoms. The predicted octanol–water partition coefficient (Wildman–Crippen LogP) is 2.96. The number of primary sulfonamides is 1. The number of benzene rings is 1. The van der Waals surface area contributed by atoms with Crippen LogP contribution >= 0.6 is 0 Å². The van der Waals surface area contributed by atoms with E-state index in [4.69, 9.17) is 5.14 Å². The van der Waals surface area contributed by atoms with Crippen molar-refractivity contribution in [3.63, 3.8) is 0 Å². The lowest BCUT2D eigenvalue weighted by atomic mass is 9.79. The topological polar surface area (TPSA) is 72.2 Å². The highest BCUT2D eigenvalue weighted by Gasteiger charge is 2.23. The molecule has 0 radical (unpaired) electrons. The Labute approximate surface area is 121 Å². The second kappa shape index (κ2) is 6.14. The summed E-state index contributed by atoms with van der Waals surface area (Å²) in [6.45, 7) is 4.57. The Bertz CT molecular complexity index is 547. The first-order chi connectivity index (χ1) is 9.36. The molecule has 1 saturated carbocycles. The fourth-order valence-corrected chi connectivity index (χ4v) is 3.49. The van der Waals surface area contributed by atoms with Crippen LogP contribution in [0.25, 0.3) is 0 Å². The van der Waals surface area contributed by atoms with Gasteiger partial charge in [-0.15, -0.1) is 0 Å². The summed E-state index contributed by atoms with van der Waals surface area (Å²) < 4.78 is 22.7. The fraction of sp³-hybridized carbons (Fsp3) is 0.600. The molecule has 0 spiro atoms. The van der Waals surface area contributed by atoms with Crippen LogP contribution in [0.4, 0.5) is 5.69 Å². The zero-order chi connectivity index (χ0) is 14.8. The van der Waals surface area contributed by atoms with Gasteiger partial charge in [0.15, 0.2) is 0 Å². The largest absolute Gasteiger partial charge is 0.382 e. The van der Waals surface area contributed by atoms with E-state index < -0.39 is 10.0 Å². The van der Waals surface area contributed by atoms with Crippen molar-refractivity contribution in [2.45, 2.75) is 50.5 Å². The third-order valence-electron chi connectivity index (χ3n) is 4.25. The van der Waals surface area contributed by atoms with Crippen molar-refractivity contribution >= 4 is 15.7 Å². The average Bonchev–Trinajstić information content (AvgIpc) is 2.38. The van der Waals surface area contributed by atoms with Crippen LogP contribution in [0.1, 0.15) is 39.5 Å². The van der Waals surface area contributed by atoms with Crippen LogP contribution in [0.5, 0.6) is 0 Å². The normalized spacial score (nSPS) is 23.8. The third-order valence-corrected chi connectivity index (χ3v) is 5.16. The van der Waals surface area contributed by atoms with Gasteiger partial charge in [0.05, 0.1) is 4.90 Å². The fourth-order valence-electron chi connectivity index (χ4n) is 2.93. The molecule has 0 saturated heterocycles. The minimum Gasteiger partial charge on any atom is -0.382 e. The number of anilines is 1. The molecule has 1 aromatic rings. The average molecular weight is 296 g/mol. The molecule has 0 unspecified atom stereocenters. The predicted molar refractivity (Wildman–Crippen MR) is 82.0 cm³/mol. The molecular weight excluding hydrogens is 272 g/mol. The molecule has 1 aliphatic rings. The molecule has 1 fully saturated rings. The van der Waals surface area contributed by atoms with E-state index in [2.05, 4.69) is 19.2 Å². The van der Waals surface area contributed by atoms with E-state index in [1.54, 1.807) is 12.1 Å². The van der Waals surface area contributed by atoms with Crippen molar-refractivity contribution < 1.29 is 8.42 Å². The Morgan fingerprint density at radius 3 is 2.40 bits per heavy atom. The summed E-state index contributed by atoms with van der Waals surface area (Å²) in [5, 5.41) is 8.59. The number of sulfonamides is 1. The summed E-state index contributed by atoms with van der Waals surface area (Å²) in [6.07, 6.45) is 4.76. The zero-order valence-corrected chi connectivity index (χ0v) is 13.0. The Balaban J connectivity index is 1.98. The molecule has 0 atom stereocenters. The Hall–Kier alpha value is -1.07. The molecule has 112 valence electrons. The molecular formula is C15H24N2O2S. The lowest BCUT2D eigenvalue weighted by molar-refractivity contribution is 0.267. The molecule has 1 aromatic carbocycles.